The fourth-order valence-corrected chi connectivity index (χ4v) is 4.43. The Morgan fingerprint density at radius 3 is 2.65 bits per heavy atom. The molecule has 5 heteroatoms. The van der Waals surface area contributed by atoms with Crippen LogP contribution in [0.3, 0.4) is 0 Å². The van der Waals surface area contributed by atoms with Crippen LogP contribution in [0.4, 0.5) is 11.4 Å². The highest BCUT2D eigenvalue weighted by Crippen LogP contribution is 2.41. The number of benzene rings is 1. The van der Waals surface area contributed by atoms with Gasteiger partial charge in [0.25, 0.3) is 0 Å². The average Bonchev–Trinajstić information content (AvgIpc) is 2.85. The summed E-state index contributed by atoms with van der Waals surface area (Å²) in [5, 5.41) is 0. The lowest BCUT2D eigenvalue weighted by atomic mass is 9.91. The first-order chi connectivity index (χ1) is 9.47. The van der Waals surface area contributed by atoms with Crippen molar-refractivity contribution in [3.8, 4) is 0 Å². The van der Waals surface area contributed by atoms with E-state index in [1.807, 2.05) is 6.07 Å². The molecule has 20 heavy (non-hydrogen) atoms. The van der Waals surface area contributed by atoms with Gasteiger partial charge in [0.1, 0.15) is 0 Å². The topological polar surface area (TPSA) is 63.4 Å². The number of nitrogens with two attached hydrogens (primary N) is 1. The first-order valence-electron chi connectivity index (χ1n) is 7.33. The number of hydrogen-bond donors (Lipinski definition) is 1. The monoisotopic (exact) mass is 294 g/mol. The summed E-state index contributed by atoms with van der Waals surface area (Å²) in [5.41, 5.74) is 7.72. The summed E-state index contributed by atoms with van der Waals surface area (Å²) < 4.78 is 23.2. The van der Waals surface area contributed by atoms with Gasteiger partial charge in [-0.2, -0.15) is 0 Å². The molecule has 2 fully saturated rings. The van der Waals surface area contributed by atoms with Crippen molar-refractivity contribution in [1.82, 2.24) is 0 Å². The van der Waals surface area contributed by atoms with Crippen LogP contribution in [0.1, 0.15) is 32.1 Å². The van der Waals surface area contributed by atoms with Gasteiger partial charge in [-0.15, -0.1) is 0 Å². The normalized spacial score (nSPS) is 26.6. The molecular formula is C15H22N2O2S. The maximum atomic E-state index is 11.6. The summed E-state index contributed by atoms with van der Waals surface area (Å²) >= 11 is 0. The van der Waals surface area contributed by atoms with Crippen LogP contribution in [-0.2, 0) is 9.84 Å². The van der Waals surface area contributed by atoms with Crippen molar-refractivity contribution in [2.45, 2.75) is 43.0 Å². The first-order valence-corrected chi connectivity index (χ1v) is 9.22. The molecule has 0 aromatic heterocycles. The molecule has 2 unspecified atom stereocenters. The van der Waals surface area contributed by atoms with E-state index in [0.717, 1.165) is 18.2 Å². The Kier molecular flexibility index (Phi) is 3.40. The Labute approximate surface area is 120 Å². The van der Waals surface area contributed by atoms with E-state index in [4.69, 9.17) is 5.73 Å². The average molecular weight is 294 g/mol. The third-order valence-corrected chi connectivity index (χ3v) is 5.84. The van der Waals surface area contributed by atoms with E-state index >= 15 is 0 Å². The van der Waals surface area contributed by atoms with Gasteiger partial charge in [-0.1, -0.05) is 6.42 Å². The Bertz CT molecular complexity index is 612. The van der Waals surface area contributed by atoms with Crippen molar-refractivity contribution >= 4 is 21.2 Å². The fourth-order valence-electron chi connectivity index (χ4n) is 3.78. The van der Waals surface area contributed by atoms with Gasteiger partial charge in [0, 0.05) is 18.8 Å². The summed E-state index contributed by atoms with van der Waals surface area (Å²) in [7, 11) is -3.19. The van der Waals surface area contributed by atoms with Crippen LogP contribution in [0, 0.1) is 5.92 Å². The van der Waals surface area contributed by atoms with Crippen molar-refractivity contribution in [2.75, 3.05) is 23.4 Å². The van der Waals surface area contributed by atoms with Gasteiger partial charge in [-0.3, -0.25) is 0 Å². The highest BCUT2D eigenvalue weighted by Gasteiger charge is 2.35. The number of fused-ring (bicyclic) bond motifs is 1. The van der Waals surface area contributed by atoms with E-state index in [-0.39, 0.29) is 0 Å². The molecule has 0 amide bonds. The number of nitrogen functional groups attached to an aromatic ring is 1. The van der Waals surface area contributed by atoms with Gasteiger partial charge in [0.05, 0.1) is 16.3 Å². The molecule has 1 aliphatic heterocycles. The molecule has 3 rings (SSSR count). The molecule has 110 valence electrons. The second kappa shape index (κ2) is 4.95. The number of nitrogens with zero attached hydrogens (tertiary/aromatic N) is 1. The van der Waals surface area contributed by atoms with E-state index in [1.165, 1.54) is 38.4 Å². The summed E-state index contributed by atoms with van der Waals surface area (Å²) in [4.78, 5) is 2.71. The molecule has 2 aliphatic rings. The molecule has 1 heterocycles. The third-order valence-electron chi connectivity index (χ3n) is 4.73. The highest BCUT2D eigenvalue weighted by molar-refractivity contribution is 7.90. The summed E-state index contributed by atoms with van der Waals surface area (Å²) in [6.07, 6.45) is 7.60. The fraction of sp³-hybridized carbons (Fsp3) is 0.600. The molecule has 0 spiro atoms. The molecule has 0 radical (unpaired) electrons. The van der Waals surface area contributed by atoms with E-state index in [0.29, 0.717) is 16.6 Å². The molecule has 2 atom stereocenters. The smallest absolute Gasteiger partial charge is 0.175 e. The molecular weight excluding hydrogens is 272 g/mol. The van der Waals surface area contributed by atoms with Crippen molar-refractivity contribution in [1.29, 1.82) is 0 Å². The molecule has 1 aliphatic carbocycles. The number of piperidine rings is 1. The molecule has 1 aromatic carbocycles. The Morgan fingerprint density at radius 1 is 1.20 bits per heavy atom. The van der Waals surface area contributed by atoms with Gasteiger partial charge in [-0.05, 0) is 49.8 Å². The van der Waals surface area contributed by atoms with E-state index in [9.17, 15) is 8.42 Å². The number of rotatable bonds is 2. The number of hydrogen-bond acceptors (Lipinski definition) is 4. The standard InChI is InChI=1S/C15H22N2O2S/c1-20(18,19)12-7-8-15(13(16)10-12)17-9-3-5-11-4-2-6-14(11)17/h7-8,10-11,14H,2-6,9,16H2,1H3. The largest absolute Gasteiger partial charge is 0.397 e. The van der Waals surface area contributed by atoms with Crippen molar-refractivity contribution in [2.24, 2.45) is 5.92 Å². The van der Waals surface area contributed by atoms with E-state index in [1.54, 1.807) is 12.1 Å². The number of sulfone groups is 1. The second-order valence-corrected chi connectivity index (χ2v) is 8.10. The lowest BCUT2D eigenvalue weighted by molar-refractivity contribution is 0.363. The summed E-state index contributed by atoms with van der Waals surface area (Å²) in [5.74, 6) is 0.790. The highest BCUT2D eigenvalue weighted by atomic mass is 32.2. The molecule has 2 N–H and O–H groups in total. The predicted molar refractivity (Wildman–Crippen MR) is 81.7 cm³/mol. The van der Waals surface area contributed by atoms with Crippen LogP contribution in [0.2, 0.25) is 0 Å². The van der Waals surface area contributed by atoms with Crippen LogP contribution in [0.5, 0.6) is 0 Å². The first kappa shape index (κ1) is 13.7. The van der Waals surface area contributed by atoms with Crippen molar-refractivity contribution in [3.05, 3.63) is 18.2 Å². The maximum absolute atomic E-state index is 11.6. The summed E-state index contributed by atoms with van der Waals surface area (Å²) in [6, 6.07) is 5.75. The SMILES string of the molecule is CS(=O)(=O)c1ccc(N2CCCC3CCCC32)c(N)c1. The molecule has 1 aromatic rings. The maximum Gasteiger partial charge on any atom is 0.175 e. The molecule has 1 saturated heterocycles. The van der Waals surface area contributed by atoms with Crippen LogP contribution >= 0.6 is 0 Å². The summed E-state index contributed by atoms with van der Waals surface area (Å²) in [6.45, 7) is 1.03. The van der Waals surface area contributed by atoms with Crippen molar-refractivity contribution < 1.29 is 8.42 Å². The minimum Gasteiger partial charge on any atom is -0.397 e. The predicted octanol–water partition coefficient (Wildman–Crippen LogP) is 2.44. The Hall–Kier alpha value is -1.23. The van der Waals surface area contributed by atoms with Crippen LogP contribution in [-0.4, -0.2) is 27.3 Å². The van der Waals surface area contributed by atoms with Gasteiger partial charge in [-0.25, -0.2) is 8.42 Å². The minimum atomic E-state index is -3.19. The zero-order valence-corrected chi connectivity index (χ0v) is 12.7. The van der Waals surface area contributed by atoms with Gasteiger partial charge in [0.2, 0.25) is 0 Å². The van der Waals surface area contributed by atoms with E-state index < -0.39 is 9.84 Å². The van der Waals surface area contributed by atoms with Gasteiger partial charge >= 0.3 is 0 Å². The second-order valence-electron chi connectivity index (χ2n) is 6.09. The minimum absolute atomic E-state index is 0.304. The third kappa shape index (κ3) is 2.39. The van der Waals surface area contributed by atoms with Crippen LogP contribution in [0.25, 0.3) is 0 Å². The van der Waals surface area contributed by atoms with Crippen molar-refractivity contribution in [3.63, 3.8) is 0 Å². The number of anilines is 2. The van der Waals surface area contributed by atoms with E-state index in [2.05, 4.69) is 4.90 Å². The molecule has 1 saturated carbocycles. The Balaban J connectivity index is 1.94. The zero-order valence-electron chi connectivity index (χ0n) is 11.9. The lowest BCUT2D eigenvalue weighted by Gasteiger charge is -2.40. The zero-order chi connectivity index (χ0) is 14.3. The molecule has 4 nitrogen and oxygen atoms in total. The van der Waals surface area contributed by atoms with Gasteiger partial charge < -0.3 is 10.6 Å². The quantitative estimate of drug-likeness (QED) is 0.851. The van der Waals surface area contributed by atoms with Crippen LogP contribution in [0.15, 0.2) is 23.1 Å². The van der Waals surface area contributed by atoms with Gasteiger partial charge in [0.15, 0.2) is 9.84 Å². The van der Waals surface area contributed by atoms with Crippen LogP contribution < -0.4 is 10.6 Å². The Morgan fingerprint density at radius 2 is 1.95 bits per heavy atom. The lowest BCUT2D eigenvalue weighted by Crippen LogP contribution is -2.42. The molecule has 0 bridgehead atoms.